The molecule has 1 N–H and O–H groups in total. The molecular formula is C27H30N4O7S. The molecule has 12 heteroatoms. The summed E-state index contributed by atoms with van der Waals surface area (Å²) in [6, 6.07) is 6.37. The molecule has 2 atom stereocenters. The second-order valence-corrected chi connectivity index (χ2v) is 10.4. The monoisotopic (exact) mass is 554 g/mol. The highest BCUT2D eigenvalue weighted by molar-refractivity contribution is 7.22. The number of rotatable bonds is 9. The maximum Gasteiger partial charge on any atom is 0.332 e. The molecule has 1 aliphatic rings. The second kappa shape index (κ2) is 11.2. The van der Waals surface area contributed by atoms with Crippen LogP contribution in [-0.2, 0) is 16.1 Å². The first-order valence-corrected chi connectivity index (χ1v) is 13.5. The predicted octanol–water partition coefficient (Wildman–Crippen LogP) is 2.74. The highest BCUT2D eigenvalue weighted by atomic mass is 32.1. The van der Waals surface area contributed by atoms with Crippen LogP contribution in [0.5, 0.6) is 5.75 Å². The standard InChI is InChI=1S/C27H30N4O7S/c1-16-21-25(34)31(18-8-6-11-29(2)24(18)33)27(35)30(26(21)39-22(16)23-28-10-13-38-23)15-20(37-14-12-32)17-7-4-5-9-19(17)36-3/h4-5,7,9-10,13,18,20,32H,6,8,11-12,14-15H2,1-3H3. The number of nitrogens with zero attached hydrogens (tertiary/aromatic N) is 4. The lowest BCUT2D eigenvalue weighted by molar-refractivity contribution is -0.136. The first-order chi connectivity index (χ1) is 18.9. The number of piperidine rings is 1. The maximum atomic E-state index is 14.1. The van der Waals surface area contributed by atoms with Gasteiger partial charge in [0.1, 0.15) is 29.0 Å². The number of aryl methyl sites for hydroxylation is 1. The van der Waals surface area contributed by atoms with Gasteiger partial charge in [-0.1, -0.05) is 18.2 Å². The van der Waals surface area contributed by atoms with Gasteiger partial charge < -0.3 is 23.9 Å². The van der Waals surface area contributed by atoms with Crippen LogP contribution in [0.15, 0.2) is 50.7 Å². The van der Waals surface area contributed by atoms with Crippen LogP contribution in [0.3, 0.4) is 0 Å². The number of likely N-dealkylation sites (tertiary alicyclic amines) is 1. The molecule has 1 saturated heterocycles. The number of para-hydroxylation sites is 1. The number of aliphatic hydroxyl groups excluding tert-OH is 1. The molecule has 4 aromatic rings. The Labute approximate surface area is 227 Å². The second-order valence-electron chi connectivity index (χ2n) is 9.38. The van der Waals surface area contributed by atoms with E-state index in [-0.39, 0.29) is 25.7 Å². The van der Waals surface area contributed by atoms with E-state index >= 15 is 0 Å². The average Bonchev–Trinajstić information content (AvgIpc) is 3.59. The number of aliphatic hydroxyl groups is 1. The zero-order valence-corrected chi connectivity index (χ0v) is 22.8. The highest BCUT2D eigenvalue weighted by Gasteiger charge is 2.33. The lowest BCUT2D eigenvalue weighted by atomic mass is 10.0. The van der Waals surface area contributed by atoms with E-state index < -0.39 is 23.4 Å². The number of thiophene rings is 1. The Kier molecular flexibility index (Phi) is 7.69. The maximum absolute atomic E-state index is 14.1. The van der Waals surface area contributed by atoms with E-state index in [1.165, 1.54) is 28.4 Å². The Bertz CT molecular complexity index is 1600. The number of amides is 1. The molecule has 206 valence electrons. The molecule has 11 nitrogen and oxygen atoms in total. The van der Waals surface area contributed by atoms with Gasteiger partial charge >= 0.3 is 5.69 Å². The summed E-state index contributed by atoms with van der Waals surface area (Å²) in [5, 5.41) is 9.83. The highest BCUT2D eigenvalue weighted by Crippen LogP contribution is 2.37. The van der Waals surface area contributed by atoms with Crippen molar-refractivity contribution < 1.29 is 23.8 Å². The van der Waals surface area contributed by atoms with Crippen LogP contribution in [0.25, 0.3) is 21.0 Å². The zero-order valence-electron chi connectivity index (χ0n) is 22.0. The fourth-order valence-corrected chi connectivity index (χ4v) is 6.37. The fourth-order valence-electron chi connectivity index (χ4n) is 5.12. The van der Waals surface area contributed by atoms with Gasteiger partial charge in [-0.3, -0.25) is 14.2 Å². The van der Waals surface area contributed by atoms with Crippen molar-refractivity contribution in [2.24, 2.45) is 0 Å². The van der Waals surface area contributed by atoms with Crippen LogP contribution in [-0.4, -0.2) is 63.9 Å². The van der Waals surface area contributed by atoms with Crippen molar-refractivity contribution in [1.29, 1.82) is 0 Å². The van der Waals surface area contributed by atoms with Crippen LogP contribution >= 0.6 is 11.3 Å². The van der Waals surface area contributed by atoms with Gasteiger partial charge in [0.05, 0.1) is 43.3 Å². The van der Waals surface area contributed by atoms with Crippen LogP contribution < -0.4 is 16.0 Å². The number of aromatic nitrogens is 3. The van der Waals surface area contributed by atoms with Crippen molar-refractivity contribution in [3.8, 4) is 16.5 Å². The minimum atomic E-state index is -0.910. The third kappa shape index (κ3) is 4.79. The Morgan fingerprint density at radius 2 is 2.05 bits per heavy atom. The summed E-state index contributed by atoms with van der Waals surface area (Å²) in [4.78, 5) is 48.1. The molecule has 2 unspecified atom stereocenters. The Hall–Kier alpha value is -3.74. The number of ether oxygens (including phenoxy) is 2. The number of hydrogen-bond donors (Lipinski definition) is 1. The number of hydrogen-bond acceptors (Lipinski definition) is 9. The summed E-state index contributed by atoms with van der Waals surface area (Å²) < 4.78 is 19.7. The van der Waals surface area contributed by atoms with E-state index in [2.05, 4.69) is 4.98 Å². The zero-order chi connectivity index (χ0) is 27.7. The van der Waals surface area contributed by atoms with Crippen LogP contribution in [0.2, 0.25) is 0 Å². The SMILES string of the molecule is COc1ccccc1C(Cn1c(=O)n(C2CCCN(C)C2=O)c(=O)c2c(C)c(-c3ncco3)sc21)OCCO. The number of carbonyl (C=O) groups is 1. The molecule has 1 fully saturated rings. The Balaban J connectivity index is 1.76. The van der Waals surface area contributed by atoms with E-state index in [0.717, 1.165) is 4.57 Å². The minimum absolute atomic E-state index is 0.0116. The summed E-state index contributed by atoms with van der Waals surface area (Å²) in [5.74, 6) is 0.625. The summed E-state index contributed by atoms with van der Waals surface area (Å²) >= 11 is 1.23. The number of likely N-dealkylation sites (N-methyl/N-ethyl adjacent to an activating group) is 1. The van der Waals surface area contributed by atoms with Crippen LogP contribution in [0.1, 0.15) is 36.1 Å². The first kappa shape index (κ1) is 26.9. The summed E-state index contributed by atoms with van der Waals surface area (Å²) in [6.07, 6.45) is 3.32. The number of fused-ring (bicyclic) bond motifs is 1. The molecule has 0 spiro atoms. The van der Waals surface area contributed by atoms with E-state index in [1.54, 1.807) is 32.0 Å². The summed E-state index contributed by atoms with van der Waals surface area (Å²) in [5.41, 5.74) is 0.179. The van der Waals surface area contributed by atoms with Gasteiger partial charge in [0.25, 0.3) is 5.56 Å². The van der Waals surface area contributed by atoms with E-state index in [1.807, 2.05) is 18.2 Å². The predicted molar refractivity (Wildman–Crippen MR) is 145 cm³/mol. The average molecular weight is 555 g/mol. The smallest absolute Gasteiger partial charge is 0.332 e. The van der Waals surface area contributed by atoms with Gasteiger partial charge in [-0.05, 0) is 31.4 Å². The van der Waals surface area contributed by atoms with Crippen molar-refractivity contribution >= 4 is 27.5 Å². The summed E-state index contributed by atoms with van der Waals surface area (Å²) in [7, 11) is 3.22. The molecule has 1 amide bonds. The molecule has 0 saturated carbocycles. The van der Waals surface area contributed by atoms with Gasteiger partial charge in [-0.25, -0.2) is 14.3 Å². The van der Waals surface area contributed by atoms with Gasteiger partial charge in [0.15, 0.2) is 0 Å². The lowest BCUT2D eigenvalue weighted by Gasteiger charge is -2.30. The topological polar surface area (TPSA) is 129 Å². The minimum Gasteiger partial charge on any atom is -0.496 e. The van der Waals surface area contributed by atoms with Gasteiger partial charge in [-0.15, -0.1) is 11.3 Å². The number of carbonyl (C=O) groups excluding carboxylic acids is 1. The van der Waals surface area contributed by atoms with E-state index in [4.69, 9.17) is 13.9 Å². The fraction of sp³-hybridized carbons (Fsp3) is 0.407. The van der Waals surface area contributed by atoms with E-state index in [9.17, 15) is 19.5 Å². The molecule has 0 aliphatic carbocycles. The number of benzene rings is 1. The van der Waals surface area contributed by atoms with Crippen LogP contribution in [0, 0.1) is 6.92 Å². The molecule has 39 heavy (non-hydrogen) atoms. The van der Waals surface area contributed by atoms with Crippen molar-refractivity contribution in [3.05, 3.63) is 68.7 Å². The van der Waals surface area contributed by atoms with Crippen molar-refractivity contribution in [3.63, 3.8) is 0 Å². The van der Waals surface area contributed by atoms with Gasteiger partial charge in [-0.2, -0.15) is 0 Å². The first-order valence-electron chi connectivity index (χ1n) is 12.7. The molecule has 0 radical (unpaired) electrons. The molecule has 1 aliphatic heterocycles. The largest absolute Gasteiger partial charge is 0.496 e. The van der Waals surface area contributed by atoms with Crippen molar-refractivity contribution in [1.82, 2.24) is 19.0 Å². The van der Waals surface area contributed by atoms with Crippen molar-refractivity contribution in [2.45, 2.75) is 38.5 Å². The molecule has 3 aromatic heterocycles. The Morgan fingerprint density at radius 1 is 1.26 bits per heavy atom. The Morgan fingerprint density at radius 3 is 2.77 bits per heavy atom. The quantitative estimate of drug-likeness (QED) is 0.334. The summed E-state index contributed by atoms with van der Waals surface area (Å²) in [6.45, 7) is 2.17. The van der Waals surface area contributed by atoms with Gasteiger partial charge in [0.2, 0.25) is 11.8 Å². The van der Waals surface area contributed by atoms with Gasteiger partial charge in [0, 0.05) is 19.2 Å². The lowest BCUT2D eigenvalue weighted by Crippen LogP contribution is -2.49. The third-order valence-electron chi connectivity index (χ3n) is 7.06. The molecule has 5 rings (SSSR count). The third-order valence-corrected chi connectivity index (χ3v) is 8.36. The number of oxazole rings is 1. The number of methoxy groups -OCH3 is 1. The van der Waals surface area contributed by atoms with Crippen LogP contribution in [0.4, 0.5) is 0 Å². The van der Waals surface area contributed by atoms with E-state index in [0.29, 0.717) is 57.2 Å². The molecule has 0 bridgehead atoms. The molecular weight excluding hydrogens is 524 g/mol. The molecule has 4 heterocycles. The van der Waals surface area contributed by atoms with Crippen molar-refractivity contribution in [2.75, 3.05) is 33.9 Å². The normalized spacial score (nSPS) is 16.7. The molecule has 1 aromatic carbocycles.